The maximum atomic E-state index is 12.6. The van der Waals surface area contributed by atoms with E-state index in [1.54, 1.807) is 17.6 Å². The standard InChI is InChI=1S/C18H17N5O2S2/c1-11-14(27-18(20-11)22-7-3-4-8-22)15(24)19-6-9-23-12(2)21-16-13(17(23)25)5-10-26-16/h3-5,7-8,10H,6,9H2,1-2H3,(H,19,24). The number of amides is 1. The van der Waals surface area contributed by atoms with Crippen LogP contribution in [0.5, 0.6) is 0 Å². The highest BCUT2D eigenvalue weighted by Gasteiger charge is 2.16. The Hall–Kier alpha value is -2.78. The molecule has 4 aromatic heterocycles. The van der Waals surface area contributed by atoms with E-state index >= 15 is 0 Å². The SMILES string of the molecule is Cc1nc(-n2cccc2)sc1C(=O)NCCn1c(C)nc2sccc2c1=O. The number of hydrogen-bond acceptors (Lipinski definition) is 6. The Morgan fingerprint density at radius 3 is 2.78 bits per heavy atom. The summed E-state index contributed by atoms with van der Waals surface area (Å²) in [5.74, 6) is 0.465. The fraction of sp³-hybridized carbons (Fsp3) is 0.222. The molecule has 7 nitrogen and oxygen atoms in total. The van der Waals surface area contributed by atoms with Crippen LogP contribution >= 0.6 is 22.7 Å². The predicted octanol–water partition coefficient (Wildman–Crippen LogP) is 2.75. The molecule has 0 aromatic carbocycles. The van der Waals surface area contributed by atoms with Gasteiger partial charge in [0.1, 0.15) is 15.5 Å². The highest BCUT2D eigenvalue weighted by atomic mass is 32.1. The second-order valence-electron chi connectivity index (χ2n) is 6.01. The Labute approximate surface area is 162 Å². The lowest BCUT2D eigenvalue weighted by Gasteiger charge is -2.10. The minimum atomic E-state index is -0.182. The number of carbonyl (C=O) groups is 1. The molecule has 0 atom stereocenters. The molecule has 0 aliphatic rings. The maximum absolute atomic E-state index is 12.6. The molecule has 0 aliphatic carbocycles. The number of hydrogen-bond donors (Lipinski definition) is 1. The van der Waals surface area contributed by atoms with E-state index in [-0.39, 0.29) is 11.5 Å². The molecule has 4 rings (SSSR count). The van der Waals surface area contributed by atoms with Gasteiger partial charge < -0.3 is 9.88 Å². The zero-order chi connectivity index (χ0) is 19.0. The Kier molecular flexibility index (Phi) is 4.63. The van der Waals surface area contributed by atoms with Crippen molar-refractivity contribution >= 4 is 38.8 Å². The van der Waals surface area contributed by atoms with Gasteiger partial charge >= 0.3 is 0 Å². The van der Waals surface area contributed by atoms with Gasteiger partial charge in [0.05, 0.1) is 11.1 Å². The van der Waals surface area contributed by atoms with Gasteiger partial charge in [-0.25, -0.2) is 9.97 Å². The number of aromatic nitrogens is 4. The summed E-state index contributed by atoms with van der Waals surface area (Å²) in [5.41, 5.74) is 0.618. The molecule has 27 heavy (non-hydrogen) atoms. The van der Waals surface area contributed by atoms with Gasteiger partial charge in [0.25, 0.3) is 11.5 Å². The van der Waals surface area contributed by atoms with Crippen molar-refractivity contribution in [1.82, 2.24) is 24.4 Å². The second-order valence-corrected chi connectivity index (χ2v) is 7.88. The number of fused-ring (bicyclic) bond motifs is 1. The molecule has 1 N–H and O–H groups in total. The predicted molar refractivity (Wildman–Crippen MR) is 107 cm³/mol. The van der Waals surface area contributed by atoms with Crippen LogP contribution in [0.3, 0.4) is 0 Å². The first kappa shape index (κ1) is 17.6. The van der Waals surface area contributed by atoms with Gasteiger partial charge in [-0.3, -0.25) is 14.2 Å². The third-order valence-corrected chi connectivity index (χ3v) is 6.19. The van der Waals surface area contributed by atoms with Gasteiger partial charge in [-0.15, -0.1) is 11.3 Å². The first-order valence-corrected chi connectivity index (χ1v) is 10.1. The highest BCUT2D eigenvalue weighted by molar-refractivity contribution is 7.16. The molecule has 0 unspecified atom stereocenters. The molecule has 138 valence electrons. The lowest BCUT2D eigenvalue weighted by molar-refractivity contribution is 0.0955. The van der Waals surface area contributed by atoms with Gasteiger partial charge in [0.15, 0.2) is 5.13 Å². The molecule has 0 bridgehead atoms. The van der Waals surface area contributed by atoms with Crippen molar-refractivity contribution in [2.45, 2.75) is 20.4 Å². The average molecular weight is 400 g/mol. The summed E-state index contributed by atoms with van der Waals surface area (Å²) in [4.78, 5) is 35.3. The Morgan fingerprint density at radius 2 is 2.00 bits per heavy atom. The molecular weight excluding hydrogens is 382 g/mol. The molecular formula is C18H17N5O2S2. The Morgan fingerprint density at radius 1 is 1.22 bits per heavy atom. The van der Waals surface area contributed by atoms with E-state index in [1.165, 1.54) is 22.7 Å². The summed E-state index contributed by atoms with van der Waals surface area (Å²) in [7, 11) is 0. The minimum Gasteiger partial charge on any atom is -0.349 e. The monoisotopic (exact) mass is 399 g/mol. The van der Waals surface area contributed by atoms with E-state index in [1.807, 2.05) is 41.4 Å². The van der Waals surface area contributed by atoms with Crippen LogP contribution in [-0.2, 0) is 6.54 Å². The molecule has 9 heteroatoms. The first-order chi connectivity index (χ1) is 13.0. The van der Waals surface area contributed by atoms with Crippen molar-refractivity contribution in [3.63, 3.8) is 0 Å². The van der Waals surface area contributed by atoms with Crippen LogP contribution in [0.2, 0.25) is 0 Å². The highest BCUT2D eigenvalue weighted by Crippen LogP contribution is 2.21. The molecule has 0 saturated carbocycles. The van der Waals surface area contributed by atoms with E-state index in [9.17, 15) is 9.59 Å². The maximum Gasteiger partial charge on any atom is 0.263 e. The summed E-state index contributed by atoms with van der Waals surface area (Å²) in [6.07, 6.45) is 3.78. The normalized spacial score (nSPS) is 11.2. The molecule has 4 heterocycles. The van der Waals surface area contributed by atoms with E-state index in [0.29, 0.717) is 34.9 Å². The van der Waals surface area contributed by atoms with Crippen LogP contribution in [0.15, 0.2) is 40.8 Å². The van der Waals surface area contributed by atoms with Crippen molar-refractivity contribution in [2.24, 2.45) is 0 Å². The van der Waals surface area contributed by atoms with Crippen LogP contribution in [0.4, 0.5) is 0 Å². The summed E-state index contributed by atoms with van der Waals surface area (Å²) in [5, 5.41) is 6.11. The quantitative estimate of drug-likeness (QED) is 0.559. The first-order valence-electron chi connectivity index (χ1n) is 8.38. The summed E-state index contributed by atoms with van der Waals surface area (Å²) in [6, 6.07) is 5.61. The number of rotatable bonds is 5. The number of nitrogens with zero attached hydrogens (tertiary/aromatic N) is 4. The van der Waals surface area contributed by atoms with Gasteiger partial charge in [0, 0.05) is 25.5 Å². The number of aryl methyl sites for hydroxylation is 2. The van der Waals surface area contributed by atoms with Gasteiger partial charge in [-0.2, -0.15) is 0 Å². The fourth-order valence-electron chi connectivity index (χ4n) is 2.84. The summed E-state index contributed by atoms with van der Waals surface area (Å²) < 4.78 is 3.47. The second kappa shape index (κ2) is 7.09. The Balaban J connectivity index is 1.47. The average Bonchev–Trinajstić information content (AvgIpc) is 3.37. The number of carbonyl (C=O) groups excluding carboxylic acids is 1. The molecule has 1 amide bonds. The van der Waals surface area contributed by atoms with Crippen LogP contribution in [0, 0.1) is 13.8 Å². The van der Waals surface area contributed by atoms with Crippen molar-refractivity contribution in [3.8, 4) is 5.13 Å². The third-order valence-electron chi connectivity index (χ3n) is 4.21. The third kappa shape index (κ3) is 3.31. The van der Waals surface area contributed by atoms with Crippen LogP contribution in [0.25, 0.3) is 15.3 Å². The number of thiazole rings is 1. The number of thiophene rings is 1. The molecule has 0 aliphatic heterocycles. The van der Waals surface area contributed by atoms with Crippen molar-refractivity contribution in [2.75, 3.05) is 6.54 Å². The van der Waals surface area contributed by atoms with Crippen LogP contribution in [-0.4, -0.2) is 31.6 Å². The van der Waals surface area contributed by atoms with E-state index in [0.717, 1.165) is 9.96 Å². The van der Waals surface area contributed by atoms with E-state index in [2.05, 4.69) is 15.3 Å². The topological polar surface area (TPSA) is 81.8 Å². The fourth-order valence-corrected chi connectivity index (χ4v) is 4.59. The van der Waals surface area contributed by atoms with Gasteiger partial charge in [-0.1, -0.05) is 11.3 Å². The summed E-state index contributed by atoms with van der Waals surface area (Å²) in [6.45, 7) is 4.34. The zero-order valence-electron chi connectivity index (χ0n) is 14.8. The van der Waals surface area contributed by atoms with Gasteiger partial charge in [-0.05, 0) is 37.4 Å². The summed E-state index contributed by atoms with van der Waals surface area (Å²) >= 11 is 2.79. The molecule has 0 saturated heterocycles. The molecule has 4 aromatic rings. The largest absolute Gasteiger partial charge is 0.349 e. The lowest BCUT2D eigenvalue weighted by atomic mass is 10.3. The van der Waals surface area contributed by atoms with Crippen LogP contribution in [0.1, 0.15) is 21.2 Å². The van der Waals surface area contributed by atoms with Crippen molar-refractivity contribution < 1.29 is 4.79 Å². The molecule has 0 fully saturated rings. The Bertz CT molecular complexity index is 1170. The van der Waals surface area contributed by atoms with Crippen molar-refractivity contribution in [1.29, 1.82) is 0 Å². The molecule has 0 radical (unpaired) electrons. The lowest BCUT2D eigenvalue weighted by Crippen LogP contribution is -2.32. The molecule has 0 spiro atoms. The van der Waals surface area contributed by atoms with Crippen molar-refractivity contribution in [3.05, 3.63) is 62.7 Å². The van der Waals surface area contributed by atoms with E-state index in [4.69, 9.17) is 0 Å². The zero-order valence-corrected chi connectivity index (χ0v) is 16.4. The number of nitrogens with one attached hydrogen (secondary N) is 1. The van der Waals surface area contributed by atoms with Crippen LogP contribution < -0.4 is 10.9 Å². The minimum absolute atomic E-state index is 0.0723. The van der Waals surface area contributed by atoms with E-state index < -0.39 is 0 Å². The smallest absolute Gasteiger partial charge is 0.263 e. The van der Waals surface area contributed by atoms with Gasteiger partial charge in [0.2, 0.25) is 0 Å².